The predicted molar refractivity (Wildman–Crippen MR) is 57.8 cm³/mol. The van der Waals surface area contributed by atoms with Gasteiger partial charge in [0.1, 0.15) is 6.42 Å². The van der Waals surface area contributed by atoms with E-state index in [0.717, 1.165) is 0 Å². The van der Waals surface area contributed by atoms with Crippen LogP contribution in [-0.4, -0.2) is 52.8 Å². The number of nitrogens with zero attached hydrogens (tertiary/aromatic N) is 4. The van der Waals surface area contributed by atoms with E-state index in [-0.39, 0.29) is 25.4 Å². The number of nitrogens with one attached hydrogen (secondary N) is 1. The summed E-state index contributed by atoms with van der Waals surface area (Å²) in [5, 5.41) is 14.8. The van der Waals surface area contributed by atoms with Crippen LogP contribution in [0.4, 0.5) is 4.79 Å². The van der Waals surface area contributed by atoms with Crippen LogP contribution in [0.1, 0.15) is 12.8 Å². The molecule has 9 heteroatoms. The fraction of sp³-hybridized carbons (Fsp3) is 0.667. The minimum atomic E-state index is -0.635. The second-order valence-corrected chi connectivity index (χ2v) is 3.97. The molecule has 0 bridgehead atoms. The molecule has 0 spiro atoms. The van der Waals surface area contributed by atoms with E-state index in [1.807, 2.05) is 0 Å². The van der Waals surface area contributed by atoms with Gasteiger partial charge in [-0.3, -0.25) is 0 Å². The number of carbonyl (C=O) groups excluding carboxylic acids is 2. The highest BCUT2D eigenvalue weighted by Crippen LogP contribution is 2.24. The van der Waals surface area contributed by atoms with Crippen LogP contribution in [0.15, 0.2) is 5.11 Å². The van der Waals surface area contributed by atoms with Crippen LogP contribution < -0.4 is 5.32 Å². The molecule has 3 amide bonds. The molecular weight excluding hydrogens is 242 g/mol. The third kappa shape index (κ3) is 2.33. The van der Waals surface area contributed by atoms with Gasteiger partial charge >= 0.3 is 11.9 Å². The van der Waals surface area contributed by atoms with Crippen LogP contribution in [-0.2, 0) is 9.53 Å². The first kappa shape index (κ1) is 12.5. The molecule has 1 fully saturated rings. The molecule has 18 heavy (non-hydrogen) atoms. The zero-order valence-electron chi connectivity index (χ0n) is 9.39. The minimum absolute atomic E-state index is 0.0849. The van der Waals surface area contributed by atoms with Gasteiger partial charge in [-0.15, -0.1) is 0 Å². The van der Waals surface area contributed by atoms with Gasteiger partial charge in [-0.05, 0) is 5.53 Å². The Morgan fingerprint density at radius 1 is 1.67 bits per heavy atom. The van der Waals surface area contributed by atoms with E-state index in [4.69, 9.17) is 15.4 Å². The molecule has 2 aliphatic heterocycles. The van der Waals surface area contributed by atoms with Crippen LogP contribution in [0.3, 0.4) is 0 Å². The molecule has 0 aliphatic carbocycles. The van der Waals surface area contributed by atoms with Gasteiger partial charge in [-0.25, -0.2) is 4.79 Å². The molecule has 0 saturated carbocycles. The molecule has 0 aromatic carbocycles. The molecule has 0 aromatic rings. The SMILES string of the molecule is [N-]=[N+]=N[C@H]1C[C@H]([N+]2=CCC(=O)NC2=O)O[C@@H]1CO. The molecule has 2 aliphatic rings. The van der Waals surface area contributed by atoms with E-state index in [2.05, 4.69) is 15.3 Å². The zero-order valence-corrected chi connectivity index (χ0v) is 9.39. The second-order valence-electron chi connectivity index (χ2n) is 3.97. The van der Waals surface area contributed by atoms with Crippen LogP contribution >= 0.6 is 0 Å². The number of carbonyl (C=O) groups is 2. The smallest absolute Gasteiger partial charge is 0.394 e. The number of amides is 3. The molecule has 3 atom stereocenters. The van der Waals surface area contributed by atoms with Crippen molar-refractivity contribution in [3.8, 4) is 0 Å². The number of ether oxygens (including phenoxy) is 1. The lowest BCUT2D eigenvalue weighted by Gasteiger charge is -2.14. The summed E-state index contributed by atoms with van der Waals surface area (Å²) in [6.45, 7) is -0.297. The summed E-state index contributed by atoms with van der Waals surface area (Å²) in [7, 11) is 0. The lowest BCUT2D eigenvalue weighted by Crippen LogP contribution is -2.47. The maximum absolute atomic E-state index is 11.6. The topological polar surface area (TPSA) is 127 Å². The van der Waals surface area contributed by atoms with Crippen molar-refractivity contribution in [2.24, 2.45) is 5.11 Å². The maximum atomic E-state index is 11.6. The Morgan fingerprint density at radius 3 is 3.06 bits per heavy atom. The number of imide groups is 1. The number of rotatable bonds is 3. The summed E-state index contributed by atoms with van der Waals surface area (Å²) in [4.78, 5) is 25.2. The van der Waals surface area contributed by atoms with E-state index < -0.39 is 24.4 Å². The largest absolute Gasteiger partial charge is 0.500 e. The van der Waals surface area contributed by atoms with E-state index in [0.29, 0.717) is 0 Å². The molecule has 0 aromatic heterocycles. The van der Waals surface area contributed by atoms with E-state index in [1.165, 1.54) is 10.8 Å². The van der Waals surface area contributed by atoms with Gasteiger partial charge in [-0.2, -0.15) is 14.7 Å². The van der Waals surface area contributed by atoms with Gasteiger partial charge in [0.05, 0.1) is 25.0 Å². The minimum Gasteiger partial charge on any atom is -0.394 e. The number of hydrogen-bond acceptors (Lipinski definition) is 5. The van der Waals surface area contributed by atoms with E-state index in [1.54, 1.807) is 0 Å². The number of aliphatic hydroxyl groups excluding tert-OH is 1. The van der Waals surface area contributed by atoms with Crippen LogP contribution in [0.5, 0.6) is 0 Å². The monoisotopic (exact) mass is 254 g/mol. The second kappa shape index (κ2) is 5.13. The Labute approximate surface area is 102 Å². The Bertz CT molecular complexity index is 456. The molecule has 2 N–H and O–H groups in total. The first-order valence-electron chi connectivity index (χ1n) is 5.41. The van der Waals surface area contributed by atoms with Gasteiger partial charge in [0, 0.05) is 11.3 Å². The van der Waals surface area contributed by atoms with Crippen molar-refractivity contribution in [2.75, 3.05) is 6.61 Å². The standard InChI is InChI=1S/C9H11N5O4/c10-13-12-5-3-8(18-6(5)4-15)14-2-1-7(16)11-9(14)17/h2,5-6,8,15H,1,3-4H2/p+1/t5-,6+,8+/m0/s1. The highest BCUT2D eigenvalue weighted by Gasteiger charge is 2.42. The molecular formula is C9H12N5O4+. The average Bonchev–Trinajstić information content (AvgIpc) is 2.72. The summed E-state index contributed by atoms with van der Waals surface area (Å²) in [5.74, 6) is -0.375. The number of hydrogen-bond donors (Lipinski definition) is 2. The van der Waals surface area contributed by atoms with E-state index in [9.17, 15) is 9.59 Å². The number of azide groups is 1. The highest BCUT2D eigenvalue weighted by atomic mass is 16.5. The Hall–Kier alpha value is -1.96. The lowest BCUT2D eigenvalue weighted by molar-refractivity contribution is -0.524. The van der Waals surface area contributed by atoms with Crippen LogP contribution in [0, 0.1) is 0 Å². The van der Waals surface area contributed by atoms with E-state index >= 15 is 0 Å². The predicted octanol–water partition coefficient (Wildman–Crippen LogP) is -0.504. The van der Waals surface area contributed by atoms with Crippen molar-refractivity contribution >= 4 is 18.2 Å². The normalized spacial score (nSPS) is 31.6. The van der Waals surface area contributed by atoms with Gasteiger partial charge < -0.3 is 9.84 Å². The van der Waals surface area contributed by atoms with Crippen molar-refractivity contribution in [3.05, 3.63) is 10.4 Å². The summed E-state index contributed by atoms with van der Waals surface area (Å²) < 4.78 is 6.68. The van der Waals surface area contributed by atoms with Crippen LogP contribution in [0.2, 0.25) is 0 Å². The summed E-state index contributed by atoms with van der Waals surface area (Å²) >= 11 is 0. The Balaban J connectivity index is 2.14. The molecule has 2 heterocycles. The first-order valence-corrected chi connectivity index (χ1v) is 5.41. The third-order valence-electron chi connectivity index (χ3n) is 2.85. The maximum Gasteiger partial charge on any atom is 0.500 e. The third-order valence-corrected chi connectivity index (χ3v) is 2.85. The van der Waals surface area contributed by atoms with Crippen molar-refractivity contribution in [1.29, 1.82) is 0 Å². The van der Waals surface area contributed by atoms with Crippen molar-refractivity contribution in [1.82, 2.24) is 5.32 Å². The summed E-state index contributed by atoms with van der Waals surface area (Å²) in [5.41, 5.74) is 8.40. The number of aliphatic hydroxyl groups is 1. The molecule has 0 unspecified atom stereocenters. The molecule has 0 radical (unpaired) electrons. The van der Waals surface area contributed by atoms with Crippen molar-refractivity contribution in [3.63, 3.8) is 0 Å². The van der Waals surface area contributed by atoms with Gasteiger partial charge in [-0.1, -0.05) is 5.11 Å². The Morgan fingerprint density at radius 2 is 2.44 bits per heavy atom. The molecule has 96 valence electrons. The highest BCUT2D eigenvalue weighted by molar-refractivity contribution is 6.01. The van der Waals surface area contributed by atoms with Gasteiger partial charge in [0.2, 0.25) is 6.23 Å². The fourth-order valence-electron chi connectivity index (χ4n) is 1.99. The molecule has 9 nitrogen and oxygen atoms in total. The lowest BCUT2D eigenvalue weighted by atomic mass is 10.1. The average molecular weight is 254 g/mol. The first-order chi connectivity index (χ1) is 8.65. The van der Waals surface area contributed by atoms with Crippen molar-refractivity contribution in [2.45, 2.75) is 31.2 Å². The molecule has 1 saturated heterocycles. The zero-order chi connectivity index (χ0) is 13.1. The summed E-state index contributed by atoms with van der Waals surface area (Å²) in [6, 6.07) is -1.10. The van der Waals surface area contributed by atoms with Crippen molar-refractivity contribution < 1.29 is 24.0 Å². The van der Waals surface area contributed by atoms with Crippen LogP contribution in [0.25, 0.3) is 10.4 Å². The van der Waals surface area contributed by atoms with Gasteiger partial charge in [0.25, 0.3) is 0 Å². The molecule has 2 rings (SSSR count). The Kier molecular flexibility index (Phi) is 3.56. The van der Waals surface area contributed by atoms with Gasteiger partial charge in [0.15, 0.2) is 0 Å². The summed E-state index contributed by atoms with van der Waals surface area (Å²) in [6.07, 6.45) is 0.531. The number of urea groups is 1. The fourth-order valence-corrected chi connectivity index (χ4v) is 1.99. The quantitative estimate of drug-likeness (QED) is 0.304.